The molecule has 7 nitrogen and oxygen atoms in total. The van der Waals surface area contributed by atoms with Gasteiger partial charge in [0, 0.05) is 18.5 Å². The zero-order valence-electron chi connectivity index (χ0n) is 15.5. The fourth-order valence-corrected chi connectivity index (χ4v) is 3.77. The summed E-state index contributed by atoms with van der Waals surface area (Å²) in [5.74, 6) is -0.513. The van der Waals surface area contributed by atoms with Crippen molar-refractivity contribution in [3.8, 4) is 0 Å². The van der Waals surface area contributed by atoms with Gasteiger partial charge in [-0.05, 0) is 37.1 Å². The Kier molecular flexibility index (Phi) is 4.01. The summed E-state index contributed by atoms with van der Waals surface area (Å²) in [4.78, 5) is 43.1. The SMILES string of the molecule is O=C1c2ccccc2C(=O)N1CCCCn1cnc2c(oc3ccccc32)c1=O. The lowest BCUT2D eigenvalue weighted by Gasteiger charge is -2.13. The van der Waals surface area contributed by atoms with E-state index in [4.69, 9.17) is 4.42 Å². The molecule has 1 aliphatic rings. The summed E-state index contributed by atoms with van der Waals surface area (Å²) in [7, 11) is 0. The van der Waals surface area contributed by atoms with E-state index in [0.717, 1.165) is 5.39 Å². The number of aryl methyl sites for hydroxylation is 1. The molecule has 2 aromatic heterocycles. The third kappa shape index (κ3) is 2.74. The zero-order chi connectivity index (χ0) is 20.0. The van der Waals surface area contributed by atoms with Gasteiger partial charge in [-0.2, -0.15) is 0 Å². The van der Waals surface area contributed by atoms with Crippen LogP contribution in [0.4, 0.5) is 0 Å². The summed E-state index contributed by atoms with van der Waals surface area (Å²) in [6.07, 6.45) is 2.74. The van der Waals surface area contributed by atoms with E-state index in [0.29, 0.717) is 48.2 Å². The normalized spacial score (nSPS) is 13.6. The number of carbonyl (C=O) groups is 2. The molecule has 0 bridgehead atoms. The number of furan rings is 1. The Morgan fingerprint density at radius 3 is 2.24 bits per heavy atom. The number of aromatic nitrogens is 2. The van der Waals surface area contributed by atoms with Crippen LogP contribution in [0.5, 0.6) is 0 Å². The highest BCUT2D eigenvalue weighted by atomic mass is 16.3. The second kappa shape index (κ2) is 6.70. The molecule has 0 atom stereocenters. The van der Waals surface area contributed by atoms with E-state index < -0.39 is 0 Å². The molecule has 4 aromatic rings. The minimum atomic E-state index is -0.256. The molecule has 29 heavy (non-hydrogen) atoms. The molecule has 3 heterocycles. The Balaban J connectivity index is 1.28. The lowest BCUT2D eigenvalue weighted by Crippen LogP contribution is -2.31. The van der Waals surface area contributed by atoms with Gasteiger partial charge in [0.25, 0.3) is 17.4 Å². The molecule has 0 unspecified atom stereocenters. The van der Waals surface area contributed by atoms with Gasteiger partial charge in [0.15, 0.2) is 0 Å². The van der Waals surface area contributed by atoms with Crippen LogP contribution in [-0.4, -0.2) is 32.8 Å². The standard InChI is InChI=1S/C22H17N3O4/c26-20-14-7-1-2-8-15(14)21(27)25(20)12-6-5-11-24-13-23-18-16-9-3-4-10-17(16)29-19(18)22(24)28/h1-4,7-10,13H,5-6,11-12H2. The van der Waals surface area contributed by atoms with Gasteiger partial charge in [-0.15, -0.1) is 0 Å². The fourth-order valence-electron chi connectivity index (χ4n) is 3.77. The van der Waals surface area contributed by atoms with Gasteiger partial charge in [-0.3, -0.25) is 23.9 Å². The number of fused-ring (bicyclic) bond motifs is 4. The summed E-state index contributed by atoms with van der Waals surface area (Å²) in [6, 6.07) is 14.3. The van der Waals surface area contributed by atoms with E-state index >= 15 is 0 Å². The molecular formula is C22H17N3O4. The highest BCUT2D eigenvalue weighted by Gasteiger charge is 2.34. The minimum absolute atomic E-state index is 0.230. The van der Waals surface area contributed by atoms with Crippen LogP contribution in [0.15, 0.2) is 64.1 Å². The summed E-state index contributed by atoms with van der Waals surface area (Å²) in [5.41, 5.74) is 2.12. The van der Waals surface area contributed by atoms with Crippen LogP contribution in [-0.2, 0) is 6.54 Å². The zero-order valence-corrected chi connectivity index (χ0v) is 15.5. The number of unbranched alkanes of at least 4 members (excludes halogenated alkanes) is 1. The van der Waals surface area contributed by atoms with E-state index in [2.05, 4.69) is 4.98 Å². The summed E-state index contributed by atoms with van der Waals surface area (Å²) in [6.45, 7) is 0.753. The van der Waals surface area contributed by atoms with Crippen molar-refractivity contribution >= 4 is 33.9 Å². The summed E-state index contributed by atoms with van der Waals surface area (Å²) >= 11 is 0. The molecule has 0 radical (unpaired) electrons. The van der Waals surface area contributed by atoms with Crippen LogP contribution in [0.25, 0.3) is 22.1 Å². The maximum absolute atomic E-state index is 12.7. The Bertz CT molecular complexity index is 1300. The van der Waals surface area contributed by atoms with Crippen molar-refractivity contribution in [1.29, 1.82) is 0 Å². The summed E-state index contributed by atoms with van der Waals surface area (Å²) in [5, 5.41) is 0.817. The molecule has 0 aliphatic carbocycles. The van der Waals surface area contributed by atoms with Gasteiger partial charge in [0.1, 0.15) is 11.1 Å². The van der Waals surface area contributed by atoms with Gasteiger partial charge in [-0.25, -0.2) is 4.98 Å². The molecule has 5 rings (SSSR count). The smallest absolute Gasteiger partial charge is 0.297 e. The molecule has 1 aliphatic heterocycles. The van der Waals surface area contributed by atoms with E-state index in [9.17, 15) is 14.4 Å². The maximum atomic E-state index is 12.7. The quantitative estimate of drug-likeness (QED) is 0.388. The molecule has 7 heteroatoms. The molecule has 0 saturated carbocycles. The monoisotopic (exact) mass is 387 g/mol. The molecule has 0 N–H and O–H groups in total. The first kappa shape index (κ1) is 17.4. The van der Waals surface area contributed by atoms with Gasteiger partial charge in [-0.1, -0.05) is 24.3 Å². The van der Waals surface area contributed by atoms with Crippen LogP contribution < -0.4 is 5.56 Å². The van der Waals surface area contributed by atoms with E-state index in [1.165, 1.54) is 15.8 Å². The van der Waals surface area contributed by atoms with Crippen LogP contribution in [0, 0.1) is 0 Å². The third-order valence-electron chi connectivity index (χ3n) is 5.26. The van der Waals surface area contributed by atoms with Crippen molar-refractivity contribution in [1.82, 2.24) is 14.5 Å². The van der Waals surface area contributed by atoms with Crippen molar-refractivity contribution in [2.45, 2.75) is 19.4 Å². The second-order valence-electron chi connectivity index (χ2n) is 7.03. The van der Waals surface area contributed by atoms with E-state index in [1.807, 2.05) is 24.3 Å². The topological polar surface area (TPSA) is 85.4 Å². The Labute approximate surface area is 165 Å². The molecule has 2 aromatic carbocycles. The Morgan fingerprint density at radius 2 is 1.48 bits per heavy atom. The third-order valence-corrected chi connectivity index (χ3v) is 5.26. The van der Waals surface area contributed by atoms with Crippen LogP contribution in [0.3, 0.4) is 0 Å². The fraction of sp³-hybridized carbons (Fsp3) is 0.182. The maximum Gasteiger partial charge on any atom is 0.297 e. The van der Waals surface area contributed by atoms with Crippen LogP contribution in [0.1, 0.15) is 33.6 Å². The first-order valence-electron chi connectivity index (χ1n) is 9.47. The highest BCUT2D eigenvalue weighted by molar-refractivity contribution is 6.21. The lowest BCUT2D eigenvalue weighted by atomic mass is 10.1. The second-order valence-corrected chi connectivity index (χ2v) is 7.03. The average Bonchev–Trinajstić information content (AvgIpc) is 3.24. The minimum Gasteiger partial charge on any atom is -0.448 e. The van der Waals surface area contributed by atoms with Gasteiger partial charge in [0.2, 0.25) is 5.58 Å². The number of nitrogens with zero attached hydrogens (tertiary/aromatic N) is 3. The van der Waals surface area contributed by atoms with Crippen LogP contribution >= 0.6 is 0 Å². The Morgan fingerprint density at radius 1 is 0.828 bits per heavy atom. The van der Waals surface area contributed by atoms with Crippen molar-refractivity contribution < 1.29 is 14.0 Å². The van der Waals surface area contributed by atoms with Crippen molar-refractivity contribution in [2.24, 2.45) is 0 Å². The number of benzene rings is 2. The number of imide groups is 1. The van der Waals surface area contributed by atoms with E-state index in [-0.39, 0.29) is 23.0 Å². The molecule has 0 fully saturated rings. The number of para-hydroxylation sites is 1. The van der Waals surface area contributed by atoms with Crippen LogP contribution in [0.2, 0.25) is 0 Å². The lowest BCUT2D eigenvalue weighted by molar-refractivity contribution is 0.0651. The predicted molar refractivity (Wildman–Crippen MR) is 107 cm³/mol. The number of hydrogen-bond donors (Lipinski definition) is 0. The van der Waals surface area contributed by atoms with E-state index in [1.54, 1.807) is 24.3 Å². The molecular weight excluding hydrogens is 370 g/mol. The molecule has 2 amide bonds. The number of rotatable bonds is 5. The van der Waals surface area contributed by atoms with Gasteiger partial charge < -0.3 is 4.42 Å². The molecule has 0 saturated heterocycles. The largest absolute Gasteiger partial charge is 0.448 e. The average molecular weight is 387 g/mol. The van der Waals surface area contributed by atoms with Crippen molar-refractivity contribution in [3.05, 3.63) is 76.3 Å². The number of carbonyl (C=O) groups excluding carboxylic acids is 2. The summed E-state index contributed by atoms with van der Waals surface area (Å²) < 4.78 is 7.19. The van der Waals surface area contributed by atoms with Crippen molar-refractivity contribution in [2.75, 3.05) is 6.54 Å². The first-order valence-corrected chi connectivity index (χ1v) is 9.47. The number of amides is 2. The number of hydrogen-bond acceptors (Lipinski definition) is 5. The Hall–Kier alpha value is -3.74. The van der Waals surface area contributed by atoms with Gasteiger partial charge >= 0.3 is 0 Å². The molecule has 0 spiro atoms. The predicted octanol–water partition coefficient (Wildman–Crippen LogP) is 3.22. The van der Waals surface area contributed by atoms with Crippen molar-refractivity contribution in [3.63, 3.8) is 0 Å². The first-order chi connectivity index (χ1) is 14.1. The molecule has 144 valence electrons. The van der Waals surface area contributed by atoms with Gasteiger partial charge in [0.05, 0.1) is 17.5 Å². The highest BCUT2D eigenvalue weighted by Crippen LogP contribution is 2.24.